The topological polar surface area (TPSA) is 38.0 Å². The van der Waals surface area contributed by atoms with E-state index in [1.54, 1.807) is 4.68 Å². The normalized spacial score (nSPS) is 15.5. The number of rotatable bonds is 4. The van der Waals surface area contributed by atoms with Crippen LogP contribution in [0, 0.1) is 12.8 Å². The summed E-state index contributed by atoms with van der Waals surface area (Å²) in [4.78, 5) is 0. The lowest BCUT2D eigenvalue weighted by molar-refractivity contribution is 0.111. The molecule has 1 N–H and O–H groups in total. The van der Waals surface area contributed by atoms with Gasteiger partial charge < -0.3 is 5.11 Å². The zero-order valence-electron chi connectivity index (χ0n) is 9.49. The molecule has 2 atom stereocenters. The van der Waals surface area contributed by atoms with Crippen LogP contribution in [-0.2, 0) is 7.05 Å². The summed E-state index contributed by atoms with van der Waals surface area (Å²) in [6.45, 7) is 6.16. The maximum Gasteiger partial charge on any atom is 0.0848 e. The van der Waals surface area contributed by atoms with Gasteiger partial charge in [-0.15, -0.1) is 0 Å². The minimum Gasteiger partial charge on any atom is -0.388 e. The van der Waals surface area contributed by atoms with Crippen LogP contribution in [0.4, 0.5) is 0 Å². The molecule has 1 heterocycles. The van der Waals surface area contributed by atoms with Gasteiger partial charge in [-0.1, -0.05) is 20.3 Å². The SMILES string of the molecule is CCCC(C)C(O)c1cn(C)nc1C. The quantitative estimate of drug-likeness (QED) is 0.801. The van der Waals surface area contributed by atoms with E-state index in [-0.39, 0.29) is 6.10 Å². The van der Waals surface area contributed by atoms with Gasteiger partial charge in [0, 0.05) is 18.8 Å². The summed E-state index contributed by atoms with van der Waals surface area (Å²) < 4.78 is 1.76. The Hall–Kier alpha value is -0.830. The molecule has 0 saturated heterocycles. The van der Waals surface area contributed by atoms with E-state index in [4.69, 9.17) is 0 Å². The molecule has 0 aliphatic heterocycles. The Bertz CT molecular complexity index is 293. The van der Waals surface area contributed by atoms with Crippen molar-refractivity contribution in [3.05, 3.63) is 17.5 Å². The van der Waals surface area contributed by atoms with Crippen LogP contribution in [0.2, 0.25) is 0 Å². The van der Waals surface area contributed by atoms with Crippen LogP contribution in [0.25, 0.3) is 0 Å². The van der Waals surface area contributed by atoms with E-state index in [0.29, 0.717) is 5.92 Å². The van der Waals surface area contributed by atoms with E-state index in [1.807, 2.05) is 20.2 Å². The highest BCUT2D eigenvalue weighted by Crippen LogP contribution is 2.26. The Labute approximate surface area is 85.8 Å². The van der Waals surface area contributed by atoms with E-state index in [2.05, 4.69) is 18.9 Å². The third-order valence-corrected chi connectivity index (χ3v) is 2.65. The Morgan fingerprint density at radius 1 is 1.57 bits per heavy atom. The molecule has 14 heavy (non-hydrogen) atoms. The molecule has 1 aromatic heterocycles. The van der Waals surface area contributed by atoms with E-state index in [0.717, 1.165) is 24.1 Å². The summed E-state index contributed by atoms with van der Waals surface area (Å²) in [5.41, 5.74) is 1.90. The van der Waals surface area contributed by atoms with Gasteiger partial charge in [0.2, 0.25) is 0 Å². The first-order valence-corrected chi connectivity index (χ1v) is 5.24. The minimum atomic E-state index is -0.372. The first-order valence-electron chi connectivity index (χ1n) is 5.24. The largest absolute Gasteiger partial charge is 0.388 e. The van der Waals surface area contributed by atoms with E-state index >= 15 is 0 Å². The fourth-order valence-corrected chi connectivity index (χ4v) is 1.83. The second-order valence-electron chi connectivity index (χ2n) is 4.05. The average Bonchev–Trinajstić information content (AvgIpc) is 2.44. The molecule has 0 amide bonds. The molecule has 1 aromatic rings. The Kier molecular flexibility index (Phi) is 3.69. The van der Waals surface area contributed by atoms with Crippen LogP contribution in [0.15, 0.2) is 6.20 Å². The molecule has 0 aliphatic rings. The van der Waals surface area contributed by atoms with Gasteiger partial charge in [-0.05, 0) is 19.3 Å². The van der Waals surface area contributed by atoms with E-state index in [9.17, 15) is 5.11 Å². The number of hydrogen-bond acceptors (Lipinski definition) is 2. The van der Waals surface area contributed by atoms with Crippen LogP contribution in [-0.4, -0.2) is 14.9 Å². The molecule has 0 aliphatic carbocycles. The molecule has 80 valence electrons. The van der Waals surface area contributed by atoms with Crippen molar-refractivity contribution in [2.45, 2.75) is 39.7 Å². The number of aromatic nitrogens is 2. The molecule has 3 nitrogen and oxygen atoms in total. The van der Waals surface area contributed by atoms with Crippen molar-refractivity contribution in [1.29, 1.82) is 0 Å². The molecule has 3 heteroatoms. The summed E-state index contributed by atoms with van der Waals surface area (Å²) >= 11 is 0. The van der Waals surface area contributed by atoms with Gasteiger partial charge in [-0.3, -0.25) is 4.68 Å². The van der Waals surface area contributed by atoms with Gasteiger partial charge >= 0.3 is 0 Å². The molecular formula is C11H20N2O. The van der Waals surface area contributed by atoms with Gasteiger partial charge in [0.15, 0.2) is 0 Å². The van der Waals surface area contributed by atoms with Gasteiger partial charge in [-0.2, -0.15) is 5.10 Å². The predicted molar refractivity (Wildman–Crippen MR) is 57.0 cm³/mol. The molecule has 0 aromatic carbocycles. The smallest absolute Gasteiger partial charge is 0.0848 e. The molecule has 0 fully saturated rings. The monoisotopic (exact) mass is 196 g/mol. The van der Waals surface area contributed by atoms with Crippen molar-refractivity contribution in [2.24, 2.45) is 13.0 Å². The van der Waals surface area contributed by atoms with Gasteiger partial charge in [-0.25, -0.2) is 0 Å². The van der Waals surface area contributed by atoms with Crippen molar-refractivity contribution in [2.75, 3.05) is 0 Å². The van der Waals surface area contributed by atoms with Crippen LogP contribution < -0.4 is 0 Å². The molecule has 2 unspecified atom stereocenters. The van der Waals surface area contributed by atoms with Crippen LogP contribution in [0.1, 0.15) is 44.1 Å². The van der Waals surface area contributed by atoms with Crippen LogP contribution >= 0.6 is 0 Å². The first-order chi connectivity index (χ1) is 6.56. The Balaban J connectivity index is 2.77. The maximum atomic E-state index is 10.1. The highest BCUT2D eigenvalue weighted by Gasteiger charge is 2.19. The number of hydrogen-bond donors (Lipinski definition) is 1. The summed E-state index contributed by atoms with van der Waals surface area (Å²) in [6, 6.07) is 0. The van der Waals surface area contributed by atoms with Gasteiger partial charge in [0.1, 0.15) is 0 Å². The zero-order valence-corrected chi connectivity index (χ0v) is 9.49. The maximum absolute atomic E-state index is 10.1. The van der Waals surface area contributed by atoms with Crippen molar-refractivity contribution < 1.29 is 5.11 Å². The zero-order chi connectivity index (χ0) is 10.7. The lowest BCUT2D eigenvalue weighted by atomic mass is 9.94. The fourth-order valence-electron chi connectivity index (χ4n) is 1.83. The number of nitrogens with zero attached hydrogens (tertiary/aromatic N) is 2. The summed E-state index contributed by atoms with van der Waals surface area (Å²) in [5.74, 6) is 0.308. The summed E-state index contributed by atoms with van der Waals surface area (Å²) in [6.07, 6.45) is 3.70. The van der Waals surface area contributed by atoms with Crippen molar-refractivity contribution in [1.82, 2.24) is 9.78 Å². The highest BCUT2D eigenvalue weighted by atomic mass is 16.3. The lowest BCUT2D eigenvalue weighted by Crippen LogP contribution is -2.09. The molecular weight excluding hydrogens is 176 g/mol. The summed E-state index contributed by atoms with van der Waals surface area (Å²) in [5, 5.41) is 14.3. The molecule has 0 spiro atoms. The summed E-state index contributed by atoms with van der Waals surface area (Å²) in [7, 11) is 1.88. The first kappa shape index (κ1) is 11.2. The molecule has 0 radical (unpaired) electrons. The third kappa shape index (κ3) is 2.35. The second-order valence-corrected chi connectivity index (χ2v) is 4.05. The number of aliphatic hydroxyl groups is 1. The Morgan fingerprint density at radius 3 is 2.64 bits per heavy atom. The highest BCUT2D eigenvalue weighted by molar-refractivity contribution is 5.18. The lowest BCUT2D eigenvalue weighted by Gasteiger charge is -2.17. The third-order valence-electron chi connectivity index (χ3n) is 2.65. The average molecular weight is 196 g/mol. The molecule has 1 rings (SSSR count). The van der Waals surface area contributed by atoms with Gasteiger partial charge in [0.05, 0.1) is 11.8 Å². The standard InChI is InChI=1S/C11H20N2O/c1-5-6-8(2)11(14)10-7-13(4)12-9(10)3/h7-8,11,14H,5-6H2,1-4H3. The van der Waals surface area contributed by atoms with Crippen LogP contribution in [0.5, 0.6) is 0 Å². The minimum absolute atomic E-state index is 0.308. The predicted octanol–water partition coefficient (Wildman–Crippen LogP) is 2.20. The fraction of sp³-hybridized carbons (Fsp3) is 0.727. The second kappa shape index (κ2) is 4.60. The van der Waals surface area contributed by atoms with Crippen molar-refractivity contribution in [3.63, 3.8) is 0 Å². The van der Waals surface area contributed by atoms with E-state index in [1.165, 1.54) is 0 Å². The molecule has 0 bridgehead atoms. The Morgan fingerprint density at radius 2 is 2.21 bits per heavy atom. The van der Waals surface area contributed by atoms with Gasteiger partial charge in [0.25, 0.3) is 0 Å². The number of aryl methyl sites for hydroxylation is 2. The van der Waals surface area contributed by atoms with E-state index < -0.39 is 0 Å². The van der Waals surface area contributed by atoms with Crippen LogP contribution in [0.3, 0.4) is 0 Å². The van der Waals surface area contributed by atoms with Crippen molar-refractivity contribution >= 4 is 0 Å². The molecule has 0 saturated carbocycles. The number of aliphatic hydroxyl groups excluding tert-OH is 1. The van der Waals surface area contributed by atoms with Crippen molar-refractivity contribution in [3.8, 4) is 0 Å².